The van der Waals surface area contributed by atoms with Crippen molar-refractivity contribution in [3.05, 3.63) is 64.6 Å². The molecule has 0 bridgehead atoms. The minimum Gasteiger partial charge on any atom is -0.508 e. The third-order valence-corrected chi connectivity index (χ3v) is 5.06. The number of hydrogen-bond donors (Lipinski definition) is 2. The van der Waals surface area contributed by atoms with Crippen molar-refractivity contribution >= 4 is 11.6 Å². The molecule has 0 spiro atoms. The van der Waals surface area contributed by atoms with Crippen LogP contribution in [0.15, 0.2) is 40.8 Å². The number of aromatic hydroxyl groups is 1. The maximum absolute atomic E-state index is 12.6. The maximum Gasteiger partial charge on any atom is 0.291 e. The van der Waals surface area contributed by atoms with Crippen molar-refractivity contribution in [2.24, 2.45) is 0 Å². The molecule has 0 fully saturated rings. The van der Waals surface area contributed by atoms with Crippen LogP contribution in [0.1, 0.15) is 33.0 Å². The Kier molecular flexibility index (Phi) is 6.20. The number of anilines is 1. The number of hydrogen-bond acceptors (Lipinski definition) is 6. The fraction of sp³-hybridized carbons (Fsp3) is 0.261. The van der Waals surface area contributed by atoms with E-state index in [0.717, 1.165) is 11.1 Å². The van der Waals surface area contributed by atoms with Gasteiger partial charge in [0.1, 0.15) is 28.8 Å². The van der Waals surface area contributed by atoms with Gasteiger partial charge in [0.2, 0.25) is 0 Å². The predicted octanol–water partition coefficient (Wildman–Crippen LogP) is 4.47. The molecule has 0 saturated heterocycles. The van der Waals surface area contributed by atoms with E-state index in [-0.39, 0.29) is 17.4 Å². The third kappa shape index (κ3) is 4.20. The molecule has 0 unspecified atom stereocenters. The van der Waals surface area contributed by atoms with E-state index in [1.807, 2.05) is 6.92 Å². The smallest absolute Gasteiger partial charge is 0.291 e. The molecule has 1 heterocycles. The molecule has 30 heavy (non-hydrogen) atoms. The fourth-order valence-corrected chi connectivity index (χ4v) is 3.15. The number of benzene rings is 2. The molecule has 3 rings (SSSR count). The number of phenols is 1. The molecular weight excluding hydrogens is 386 g/mol. The lowest BCUT2D eigenvalue weighted by molar-refractivity contribution is 0.0995. The Morgan fingerprint density at radius 3 is 2.23 bits per heavy atom. The molecule has 0 saturated carbocycles. The number of amides is 1. The minimum absolute atomic E-state index is 0.182. The summed E-state index contributed by atoms with van der Waals surface area (Å²) in [5.41, 5.74) is 2.91. The number of furan rings is 1. The summed E-state index contributed by atoms with van der Waals surface area (Å²) in [5, 5.41) is 12.6. The number of nitrogens with one attached hydrogen (secondary N) is 1. The van der Waals surface area contributed by atoms with E-state index in [1.165, 1.54) is 0 Å². The van der Waals surface area contributed by atoms with Crippen LogP contribution in [0.5, 0.6) is 23.0 Å². The van der Waals surface area contributed by atoms with E-state index in [9.17, 15) is 9.90 Å². The lowest BCUT2D eigenvalue weighted by Crippen LogP contribution is -2.12. The first-order valence-electron chi connectivity index (χ1n) is 9.36. The maximum atomic E-state index is 12.6. The molecule has 1 aromatic heterocycles. The first kappa shape index (κ1) is 21.1. The van der Waals surface area contributed by atoms with Crippen molar-refractivity contribution in [1.82, 2.24) is 0 Å². The van der Waals surface area contributed by atoms with Gasteiger partial charge in [-0.3, -0.25) is 4.79 Å². The van der Waals surface area contributed by atoms with Crippen LogP contribution in [0.25, 0.3) is 0 Å². The number of rotatable bonds is 7. The molecule has 0 aliphatic heterocycles. The zero-order chi connectivity index (χ0) is 21.8. The van der Waals surface area contributed by atoms with E-state index in [4.69, 9.17) is 18.6 Å². The van der Waals surface area contributed by atoms with Crippen LogP contribution in [0.4, 0.5) is 5.69 Å². The van der Waals surface area contributed by atoms with Crippen LogP contribution in [0.2, 0.25) is 0 Å². The molecule has 7 heteroatoms. The molecule has 158 valence electrons. The number of phenolic OH excluding ortho intramolecular Hbond substituents is 1. The highest BCUT2D eigenvalue weighted by Crippen LogP contribution is 2.36. The number of ether oxygens (including phenoxy) is 3. The van der Waals surface area contributed by atoms with Crippen molar-refractivity contribution in [3.8, 4) is 23.0 Å². The van der Waals surface area contributed by atoms with E-state index >= 15 is 0 Å². The molecular formula is C23H25NO6. The zero-order valence-corrected chi connectivity index (χ0v) is 17.7. The number of carbonyl (C=O) groups is 1. The average molecular weight is 411 g/mol. The van der Waals surface area contributed by atoms with Gasteiger partial charge in [-0.1, -0.05) is 0 Å². The fourth-order valence-electron chi connectivity index (χ4n) is 3.15. The van der Waals surface area contributed by atoms with Gasteiger partial charge < -0.3 is 29.1 Å². The first-order valence-corrected chi connectivity index (χ1v) is 9.36. The quantitative estimate of drug-likeness (QED) is 0.558. The molecule has 0 radical (unpaired) electrons. The highest BCUT2D eigenvalue weighted by molar-refractivity contribution is 6.02. The Morgan fingerprint density at radius 2 is 1.63 bits per heavy atom. The van der Waals surface area contributed by atoms with Gasteiger partial charge in [-0.25, -0.2) is 0 Å². The van der Waals surface area contributed by atoms with Crippen molar-refractivity contribution in [3.63, 3.8) is 0 Å². The lowest BCUT2D eigenvalue weighted by Gasteiger charge is -2.14. The zero-order valence-electron chi connectivity index (χ0n) is 17.7. The Morgan fingerprint density at radius 1 is 0.967 bits per heavy atom. The van der Waals surface area contributed by atoms with Gasteiger partial charge in [-0.2, -0.15) is 0 Å². The molecule has 0 aliphatic carbocycles. The van der Waals surface area contributed by atoms with Crippen LogP contribution < -0.4 is 19.5 Å². The van der Waals surface area contributed by atoms with E-state index in [1.54, 1.807) is 64.7 Å². The van der Waals surface area contributed by atoms with Gasteiger partial charge in [0.05, 0.1) is 21.3 Å². The third-order valence-electron chi connectivity index (χ3n) is 5.06. The molecule has 0 aliphatic rings. The van der Waals surface area contributed by atoms with Crippen molar-refractivity contribution in [2.75, 3.05) is 26.6 Å². The second-order valence-electron chi connectivity index (χ2n) is 6.79. The van der Waals surface area contributed by atoms with Crippen LogP contribution in [0.3, 0.4) is 0 Å². The largest absolute Gasteiger partial charge is 0.508 e. The standard InChI is InChI=1S/C23H25NO6/c1-13-14(2)19(25)8-7-18(13)24-23(26)20-9-6-15(30-20)10-17-21(28-4)11-16(27-3)12-22(17)29-5/h6-9,11-12,25H,10H2,1-5H3,(H,24,26). The van der Waals surface area contributed by atoms with Crippen molar-refractivity contribution in [1.29, 1.82) is 0 Å². The van der Waals surface area contributed by atoms with Gasteiger partial charge in [0.25, 0.3) is 5.91 Å². The topological polar surface area (TPSA) is 90.2 Å². The highest BCUT2D eigenvalue weighted by atomic mass is 16.5. The Hall–Kier alpha value is -3.61. The monoisotopic (exact) mass is 411 g/mol. The second-order valence-corrected chi connectivity index (χ2v) is 6.79. The van der Waals surface area contributed by atoms with E-state index in [2.05, 4.69) is 5.32 Å². The summed E-state index contributed by atoms with van der Waals surface area (Å²) in [4.78, 5) is 12.6. The first-order chi connectivity index (χ1) is 14.4. The molecule has 1 amide bonds. The predicted molar refractivity (Wildman–Crippen MR) is 113 cm³/mol. The highest BCUT2D eigenvalue weighted by Gasteiger charge is 2.18. The van der Waals surface area contributed by atoms with Crippen molar-refractivity contribution in [2.45, 2.75) is 20.3 Å². The molecule has 7 nitrogen and oxygen atoms in total. The van der Waals surface area contributed by atoms with Gasteiger partial charge >= 0.3 is 0 Å². The molecule has 2 aromatic carbocycles. The molecule has 2 N–H and O–H groups in total. The Labute approximate surface area is 175 Å². The summed E-state index contributed by atoms with van der Waals surface area (Å²) >= 11 is 0. The summed E-state index contributed by atoms with van der Waals surface area (Å²) in [6.45, 7) is 3.63. The minimum atomic E-state index is -0.372. The molecule has 0 atom stereocenters. The number of methoxy groups -OCH3 is 3. The van der Waals surface area contributed by atoms with E-state index < -0.39 is 0 Å². The van der Waals surface area contributed by atoms with Gasteiger partial charge in [-0.15, -0.1) is 0 Å². The van der Waals surface area contributed by atoms with Crippen LogP contribution >= 0.6 is 0 Å². The SMILES string of the molecule is COc1cc(OC)c(Cc2ccc(C(=O)Nc3ccc(O)c(C)c3C)o2)c(OC)c1. The van der Waals surface area contributed by atoms with Gasteiger partial charge in [-0.05, 0) is 49.2 Å². The van der Waals surface area contributed by atoms with E-state index in [0.29, 0.717) is 40.7 Å². The number of carbonyl (C=O) groups excluding carboxylic acids is 1. The average Bonchev–Trinajstić information content (AvgIpc) is 3.22. The van der Waals surface area contributed by atoms with Crippen molar-refractivity contribution < 1.29 is 28.5 Å². The Balaban J connectivity index is 1.82. The molecule has 3 aromatic rings. The summed E-state index contributed by atoms with van der Waals surface area (Å²) < 4.78 is 22.0. The van der Waals surface area contributed by atoms with Crippen LogP contribution in [-0.2, 0) is 6.42 Å². The van der Waals surface area contributed by atoms with Gasteiger partial charge in [0.15, 0.2) is 5.76 Å². The summed E-state index contributed by atoms with van der Waals surface area (Å²) in [7, 11) is 4.71. The lowest BCUT2D eigenvalue weighted by atomic mass is 10.1. The summed E-state index contributed by atoms with van der Waals surface area (Å²) in [6.07, 6.45) is 0.376. The van der Waals surface area contributed by atoms with Crippen LogP contribution in [-0.4, -0.2) is 32.3 Å². The summed E-state index contributed by atoms with van der Waals surface area (Å²) in [5.74, 6) is 2.40. The Bertz CT molecular complexity index is 1040. The second kappa shape index (κ2) is 8.82. The van der Waals surface area contributed by atoms with Crippen LogP contribution in [0, 0.1) is 13.8 Å². The summed E-state index contributed by atoms with van der Waals surface area (Å²) in [6, 6.07) is 10.1. The normalized spacial score (nSPS) is 10.6. The van der Waals surface area contributed by atoms with Gasteiger partial charge in [0, 0.05) is 29.8 Å².